The molecule has 6 heteroatoms. The Labute approximate surface area is 131 Å². The van der Waals surface area contributed by atoms with E-state index in [1.165, 1.54) is 18.2 Å². The van der Waals surface area contributed by atoms with Crippen LogP contribution in [0, 0.1) is 0 Å². The summed E-state index contributed by atoms with van der Waals surface area (Å²) in [5.74, 6) is -1.95. The van der Waals surface area contributed by atoms with E-state index in [-0.39, 0.29) is 17.0 Å². The highest BCUT2D eigenvalue weighted by Gasteiger charge is 2.09. The van der Waals surface area contributed by atoms with Crippen molar-refractivity contribution < 1.29 is 19.8 Å². The molecule has 0 aliphatic rings. The molecule has 1 amide bonds. The second kappa shape index (κ2) is 6.78. The van der Waals surface area contributed by atoms with Crippen molar-refractivity contribution in [1.82, 2.24) is 0 Å². The Balaban J connectivity index is 2.09. The van der Waals surface area contributed by atoms with Gasteiger partial charge in [-0.3, -0.25) is 4.79 Å². The predicted octanol–water partition coefficient (Wildman–Crippen LogP) is 3.40. The van der Waals surface area contributed by atoms with Crippen LogP contribution in [0.2, 0.25) is 5.02 Å². The van der Waals surface area contributed by atoms with Crippen molar-refractivity contribution in [1.29, 1.82) is 0 Å². The fraction of sp³-hybridized carbons (Fsp3) is 0. The number of carbonyl (C=O) groups is 2. The van der Waals surface area contributed by atoms with Crippen LogP contribution in [0.4, 0.5) is 5.69 Å². The molecule has 22 heavy (non-hydrogen) atoms. The molecule has 5 nitrogen and oxygen atoms in total. The number of phenolic OH excluding ortho intramolecular Hbond substituents is 1. The molecule has 112 valence electrons. The summed E-state index contributed by atoms with van der Waals surface area (Å²) in [4.78, 5) is 22.6. The van der Waals surface area contributed by atoms with Crippen LogP contribution in [0.15, 0.2) is 48.5 Å². The maximum atomic E-state index is 11.8. The van der Waals surface area contributed by atoms with E-state index in [2.05, 4.69) is 5.32 Å². The van der Waals surface area contributed by atoms with Gasteiger partial charge in [0.05, 0.1) is 11.3 Å². The molecule has 2 aromatic carbocycles. The van der Waals surface area contributed by atoms with Gasteiger partial charge in [0.1, 0.15) is 5.75 Å². The number of amides is 1. The summed E-state index contributed by atoms with van der Waals surface area (Å²) in [7, 11) is 0. The molecule has 0 atom stereocenters. The summed E-state index contributed by atoms with van der Waals surface area (Å²) in [6.07, 6.45) is 2.81. The minimum absolute atomic E-state index is 0.0675. The highest BCUT2D eigenvalue weighted by molar-refractivity contribution is 6.32. The fourth-order valence-corrected chi connectivity index (χ4v) is 1.92. The van der Waals surface area contributed by atoms with E-state index in [1.54, 1.807) is 30.3 Å². The van der Waals surface area contributed by atoms with Crippen LogP contribution >= 0.6 is 11.6 Å². The maximum Gasteiger partial charge on any atom is 0.335 e. The number of rotatable bonds is 4. The first-order valence-corrected chi connectivity index (χ1v) is 6.65. The van der Waals surface area contributed by atoms with Crippen molar-refractivity contribution in [2.45, 2.75) is 0 Å². The van der Waals surface area contributed by atoms with Crippen LogP contribution in [0.25, 0.3) is 6.08 Å². The van der Waals surface area contributed by atoms with Crippen LogP contribution in [-0.2, 0) is 4.79 Å². The lowest BCUT2D eigenvalue weighted by atomic mass is 10.2. The Kier molecular flexibility index (Phi) is 4.80. The molecule has 0 spiro atoms. The molecule has 0 saturated heterocycles. The third-order valence-electron chi connectivity index (χ3n) is 2.82. The fourth-order valence-electron chi connectivity index (χ4n) is 1.72. The molecule has 0 aromatic heterocycles. The summed E-state index contributed by atoms with van der Waals surface area (Å²) in [5, 5.41) is 21.5. The van der Waals surface area contributed by atoms with Crippen LogP contribution in [-0.4, -0.2) is 22.1 Å². The lowest BCUT2D eigenvalue weighted by Gasteiger charge is -2.06. The number of carboxylic acids is 1. The topological polar surface area (TPSA) is 86.6 Å². The summed E-state index contributed by atoms with van der Waals surface area (Å²) in [5.41, 5.74) is 0.741. The Hall–Kier alpha value is -2.79. The van der Waals surface area contributed by atoms with Crippen molar-refractivity contribution in [3.63, 3.8) is 0 Å². The molecule has 3 N–H and O–H groups in total. The summed E-state index contributed by atoms with van der Waals surface area (Å²) in [6, 6.07) is 10.7. The molecule has 0 radical (unpaired) electrons. The van der Waals surface area contributed by atoms with Crippen LogP contribution < -0.4 is 5.32 Å². The molecule has 2 aromatic rings. The summed E-state index contributed by atoms with van der Waals surface area (Å²) < 4.78 is 0. The number of carbonyl (C=O) groups excluding carboxylic acids is 1. The van der Waals surface area contributed by atoms with Gasteiger partial charge < -0.3 is 15.5 Å². The zero-order chi connectivity index (χ0) is 16.1. The molecule has 0 unspecified atom stereocenters. The van der Waals surface area contributed by atoms with Crippen LogP contribution in [0.3, 0.4) is 0 Å². The van der Waals surface area contributed by atoms with E-state index < -0.39 is 11.9 Å². The highest BCUT2D eigenvalue weighted by atomic mass is 35.5. The predicted molar refractivity (Wildman–Crippen MR) is 84.2 cm³/mol. The van der Waals surface area contributed by atoms with Crippen LogP contribution in [0.5, 0.6) is 5.75 Å². The van der Waals surface area contributed by atoms with Crippen molar-refractivity contribution in [3.05, 3.63) is 64.7 Å². The average molecular weight is 318 g/mol. The second-order valence-electron chi connectivity index (χ2n) is 4.38. The number of phenols is 1. The molecule has 0 fully saturated rings. The largest absolute Gasteiger partial charge is 0.506 e. The average Bonchev–Trinajstić information content (AvgIpc) is 2.48. The van der Waals surface area contributed by atoms with Gasteiger partial charge in [0.2, 0.25) is 5.91 Å². The monoisotopic (exact) mass is 317 g/mol. The molecule has 0 bridgehead atoms. The lowest BCUT2D eigenvalue weighted by Crippen LogP contribution is -2.08. The van der Waals surface area contributed by atoms with Crippen molar-refractivity contribution in [2.24, 2.45) is 0 Å². The number of carboxylic acid groups (broad SMARTS) is 1. The van der Waals surface area contributed by atoms with Gasteiger partial charge >= 0.3 is 5.97 Å². The first kappa shape index (κ1) is 15.6. The molecule has 0 saturated carbocycles. The minimum Gasteiger partial charge on any atom is -0.506 e. The van der Waals surface area contributed by atoms with Gasteiger partial charge in [-0.05, 0) is 35.9 Å². The quantitative estimate of drug-likeness (QED) is 0.596. The number of benzene rings is 2. The van der Waals surface area contributed by atoms with Gasteiger partial charge in [0.15, 0.2) is 0 Å². The molecular formula is C16H12ClNO4. The van der Waals surface area contributed by atoms with E-state index in [9.17, 15) is 14.7 Å². The van der Waals surface area contributed by atoms with Crippen LogP contribution in [0.1, 0.15) is 15.9 Å². The first-order chi connectivity index (χ1) is 10.5. The van der Waals surface area contributed by atoms with Gasteiger partial charge in [-0.25, -0.2) is 4.79 Å². The Morgan fingerprint density at radius 3 is 2.50 bits per heavy atom. The zero-order valence-corrected chi connectivity index (χ0v) is 12.0. The molecule has 2 rings (SSSR count). The van der Waals surface area contributed by atoms with E-state index in [1.807, 2.05) is 0 Å². The standard InChI is InChI=1S/C16H12ClNO4/c17-12-4-2-1-3-10(12)6-8-15(20)18-13-7-5-11(16(21)22)9-14(13)19/h1-9,19H,(H,18,20)(H,21,22)/b8-6+. The third kappa shape index (κ3) is 3.86. The summed E-state index contributed by atoms with van der Waals surface area (Å²) in [6.45, 7) is 0. The van der Waals surface area contributed by atoms with E-state index in [0.717, 1.165) is 6.07 Å². The highest BCUT2D eigenvalue weighted by Crippen LogP contribution is 2.24. The minimum atomic E-state index is -1.16. The van der Waals surface area contributed by atoms with Crippen molar-refractivity contribution in [3.8, 4) is 5.75 Å². The molecule has 0 aliphatic heterocycles. The number of hydrogen-bond donors (Lipinski definition) is 3. The number of anilines is 1. The number of halogens is 1. The Morgan fingerprint density at radius 2 is 1.86 bits per heavy atom. The number of nitrogens with one attached hydrogen (secondary N) is 1. The van der Waals surface area contributed by atoms with E-state index in [0.29, 0.717) is 10.6 Å². The number of aromatic carboxylic acids is 1. The molecule has 0 heterocycles. The zero-order valence-electron chi connectivity index (χ0n) is 11.3. The van der Waals surface area contributed by atoms with Gasteiger partial charge in [-0.2, -0.15) is 0 Å². The second-order valence-corrected chi connectivity index (χ2v) is 4.79. The van der Waals surface area contributed by atoms with E-state index in [4.69, 9.17) is 16.7 Å². The first-order valence-electron chi connectivity index (χ1n) is 6.27. The van der Waals surface area contributed by atoms with Gasteiger partial charge in [0, 0.05) is 11.1 Å². The SMILES string of the molecule is O=C(/C=C/c1ccccc1Cl)Nc1ccc(C(=O)O)cc1O. The maximum absolute atomic E-state index is 11.8. The number of aromatic hydroxyl groups is 1. The number of hydrogen-bond acceptors (Lipinski definition) is 3. The summed E-state index contributed by atoms with van der Waals surface area (Å²) >= 11 is 5.96. The smallest absolute Gasteiger partial charge is 0.335 e. The normalized spacial score (nSPS) is 10.6. The van der Waals surface area contributed by atoms with Gasteiger partial charge in [0.25, 0.3) is 0 Å². The lowest BCUT2D eigenvalue weighted by molar-refractivity contribution is -0.111. The van der Waals surface area contributed by atoms with Gasteiger partial charge in [-0.1, -0.05) is 29.8 Å². The van der Waals surface area contributed by atoms with Gasteiger partial charge in [-0.15, -0.1) is 0 Å². The van der Waals surface area contributed by atoms with Crippen molar-refractivity contribution in [2.75, 3.05) is 5.32 Å². The Morgan fingerprint density at radius 1 is 1.14 bits per heavy atom. The Bertz CT molecular complexity index is 756. The van der Waals surface area contributed by atoms with E-state index >= 15 is 0 Å². The third-order valence-corrected chi connectivity index (χ3v) is 3.17. The van der Waals surface area contributed by atoms with Crippen molar-refractivity contribution >= 4 is 35.2 Å². The molecule has 0 aliphatic carbocycles. The molecular weight excluding hydrogens is 306 g/mol.